The van der Waals surface area contributed by atoms with Gasteiger partial charge in [-0.15, -0.1) is 0 Å². The van der Waals surface area contributed by atoms with Gasteiger partial charge in [-0.05, 0) is 40.8 Å². The second kappa shape index (κ2) is 7.07. The Kier molecular flexibility index (Phi) is 5.15. The minimum Gasteiger partial charge on any atom is -0.484 e. The van der Waals surface area contributed by atoms with Crippen molar-refractivity contribution < 1.29 is 9.53 Å². The molecule has 0 saturated carbocycles. The minimum atomic E-state index is -0.142. The number of nitrogens with one attached hydrogen (secondary N) is 1. The van der Waals surface area contributed by atoms with Crippen LogP contribution in [0.25, 0.3) is 0 Å². The summed E-state index contributed by atoms with van der Waals surface area (Å²) >= 11 is 0. The Labute approximate surface area is 131 Å². The number of pyridine rings is 1. The highest BCUT2D eigenvalue weighted by Crippen LogP contribution is 2.24. The molecule has 0 bridgehead atoms. The summed E-state index contributed by atoms with van der Waals surface area (Å²) in [4.78, 5) is 15.7. The lowest BCUT2D eigenvalue weighted by Gasteiger charge is -2.19. The van der Waals surface area contributed by atoms with Crippen molar-refractivity contribution in [2.24, 2.45) is 0 Å². The average molecular weight is 298 g/mol. The van der Waals surface area contributed by atoms with E-state index in [4.69, 9.17) is 4.74 Å². The van der Waals surface area contributed by atoms with Gasteiger partial charge in [-0.2, -0.15) is 0 Å². The molecule has 0 atom stereocenters. The Hall–Kier alpha value is -2.36. The normalized spacial score (nSPS) is 11.0. The number of benzene rings is 1. The molecule has 1 N–H and O–H groups in total. The van der Waals surface area contributed by atoms with Crippen LogP contribution in [0, 0.1) is 0 Å². The van der Waals surface area contributed by atoms with Gasteiger partial charge in [-0.3, -0.25) is 9.78 Å². The van der Waals surface area contributed by atoms with E-state index < -0.39 is 0 Å². The number of carbonyl (C=O) groups is 1. The molecule has 0 saturated heterocycles. The van der Waals surface area contributed by atoms with Crippen LogP contribution < -0.4 is 10.1 Å². The summed E-state index contributed by atoms with van der Waals surface area (Å²) in [6.07, 6.45) is 3.41. The summed E-state index contributed by atoms with van der Waals surface area (Å²) in [5, 5.41) is 2.81. The fourth-order valence-electron chi connectivity index (χ4n) is 1.95. The van der Waals surface area contributed by atoms with Crippen molar-refractivity contribution in [3.63, 3.8) is 0 Å². The summed E-state index contributed by atoms with van der Waals surface area (Å²) in [6.45, 7) is 6.98. The lowest BCUT2D eigenvalue weighted by molar-refractivity contribution is -0.123. The Morgan fingerprint density at radius 3 is 2.32 bits per heavy atom. The van der Waals surface area contributed by atoms with Crippen LogP contribution in [0.3, 0.4) is 0 Å². The van der Waals surface area contributed by atoms with E-state index >= 15 is 0 Å². The first-order valence-corrected chi connectivity index (χ1v) is 7.34. The molecule has 0 radical (unpaired) electrons. The second-order valence-corrected chi connectivity index (χ2v) is 6.20. The Morgan fingerprint density at radius 1 is 1.09 bits per heavy atom. The SMILES string of the molecule is CC(C)(C)c1ccc(OCC(=O)NCc2ccncc2)cc1. The second-order valence-electron chi connectivity index (χ2n) is 6.20. The molecule has 0 aliphatic rings. The van der Waals surface area contributed by atoms with Crippen molar-refractivity contribution >= 4 is 5.91 Å². The monoisotopic (exact) mass is 298 g/mol. The fourth-order valence-corrected chi connectivity index (χ4v) is 1.95. The van der Waals surface area contributed by atoms with Crippen LogP contribution in [0.4, 0.5) is 0 Å². The first-order chi connectivity index (χ1) is 10.4. The molecule has 0 unspecified atom stereocenters. The van der Waals surface area contributed by atoms with E-state index in [0.29, 0.717) is 12.3 Å². The van der Waals surface area contributed by atoms with Crippen LogP contribution in [0.15, 0.2) is 48.8 Å². The van der Waals surface area contributed by atoms with Crippen LogP contribution in [-0.4, -0.2) is 17.5 Å². The highest BCUT2D eigenvalue weighted by Gasteiger charge is 2.13. The highest BCUT2D eigenvalue weighted by molar-refractivity contribution is 5.77. The van der Waals surface area contributed by atoms with E-state index in [1.165, 1.54) is 5.56 Å². The van der Waals surface area contributed by atoms with E-state index in [1.807, 2.05) is 36.4 Å². The van der Waals surface area contributed by atoms with Gasteiger partial charge in [0.15, 0.2) is 6.61 Å². The molecular formula is C18H22N2O2. The summed E-state index contributed by atoms with van der Waals surface area (Å²) in [6, 6.07) is 11.6. The van der Waals surface area contributed by atoms with Crippen molar-refractivity contribution in [2.45, 2.75) is 32.7 Å². The van der Waals surface area contributed by atoms with Gasteiger partial charge >= 0.3 is 0 Å². The topological polar surface area (TPSA) is 51.2 Å². The maximum absolute atomic E-state index is 11.8. The molecule has 22 heavy (non-hydrogen) atoms. The number of rotatable bonds is 5. The third-order valence-electron chi connectivity index (χ3n) is 3.33. The fraction of sp³-hybridized carbons (Fsp3) is 0.333. The van der Waals surface area contributed by atoms with E-state index in [2.05, 4.69) is 31.1 Å². The molecule has 2 rings (SSSR count). The van der Waals surface area contributed by atoms with Crippen molar-refractivity contribution in [3.8, 4) is 5.75 Å². The van der Waals surface area contributed by atoms with E-state index in [0.717, 1.165) is 5.56 Å². The van der Waals surface area contributed by atoms with Crippen molar-refractivity contribution in [3.05, 3.63) is 59.9 Å². The van der Waals surface area contributed by atoms with Gasteiger partial charge in [0, 0.05) is 18.9 Å². The number of carbonyl (C=O) groups excluding carboxylic acids is 1. The van der Waals surface area contributed by atoms with Crippen LogP contribution in [0.5, 0.6) is 5.75 Å². The van der Waals surface area contributed by atoms with E-state index in [1.54, 1.807) is 12.4 Å². The van der Waals surface area contributed by atoms with Crippen molar-refractivity contribution in [1.29, 1.82) is 0 Å². The number of ether oxygens (including phenoxy) is 1. The zero-order valence-electron chi connectivity index (χ0n) is 13.3. The molecule has 1 aromatic heterocycles. The number of amides is 1. The molecular weight excluding hydrogens is 276 g/mol. The Morgan fingerprint density at radius 2 is 1.73 bits per heavy atom. The zero-order valence-corrected chi connectivity index (χ0v) is 13.3. The molecule has 4 heteroatoms. The average Bonchev–Trinajstić information content (AvgIpc) is 2.51. The summed E-state index contributed by atoms with van der Waals surface area (Å²) in [5.41, 5.74) is 2.36. The maximum Gasteiger partial charge on any atom is 0.258 e. The Bertz CT molecular complexity index is 601. The first-order valence-electron chi connectivity index (χ1n) is 7.34. The quantitative estimate of drug-likeness (QED) is 0.923. The largest absolute Gasteiger partial charge is 0.484 e. The van der Waals surface area contributed by atoms with Gasteiger partial charge in [-0.1, -0.05) is 32.9 Å². The van der Waals surface area contributed by atoms with Crippen LogP contribution in [0.2, 0.25) is 0 Å². The van der Waals surface area contributed by atoms with Gasteiger partial charge in [-0.25, -0.2) is 0 Å². The third kappa shape index (κ3) is 4.88. The molecule has 4 nitrogen and oxygen atoms in total. The molecule has 0 fully saturated rings. The number of aromatic nitrogens is 1. The third-order valence-corrected chi connectivity index (χ3v) is 3.33. The van der Waals surface area contributed by atoms with Crippen molar-refractivity contribution in [1.82, 2.24) is 10.3 Å². The predicted molar refractivity (Wildman–Crippen MR) is 86.7 cm³/mol. The van der Waals surface area contributed by atoms with Gasteiger partial charge in [0.1, 0.15) is 5.75 Å². The highest BCUT2D eigenvalue weighted by atomic mass is 16.5. The minimum absolute atomic E-state index is 0.0138. The van der Waals surface area contributed by atoms with E-state index in [9.17, 15) is 4.79 Å². The zero-order chi connectivity index (χ0) is 16.0. The predicted octanol–water partition coefficient (Wildman–Crippen LogP) is 3.07. The standard InChI is InChI=1S/C18H22N2O2/c1-18(2,3)15-4-6-16(7-5-15)22-13-17(21)20-12-14-8-10-19-11-9-14/h4-11H,12-13H2,1-3H3,(H,20,21). The van der Waals surface area contributed by atoms with Crippen LogP contribution in [0.1, 0.15) is 31.9 Å². The molecule has 1 aromatic carbocycles. The lowest BCUT2D eigenvalue weighted by Crippen LogP contribution is -2.28. The van der Waals surface area contributed by atoms with Gasteiger partial charge < -0.3 is 10.1 Å². The molecule has 0 aliphatic heterocycles. The van der Waals surface area contributed by atoms with E-state index in [-0.39, 0.29) is 17.9 Å². The summed E-state index contributed by atoms with van der Waals surface area (Å²) < 4.78 is 5.50. The smallest absolute Gasteiger partial charge is 0.258 e. The maximum atomic E-state index is 11.8. The molecule has 1 heterocycles. The molecule has 0 aliphatic carbocycles. The van der Waals surface area contributed by atoms with Gasteiger partial charge in [0.2, 0.25) is 0 Å². The van der Waals surface area contributed by atoms with Gasteiger partial charge in [0.05, 0.1) is 0 Å². The lowest BCUT2D eigenvalue weighted by atomic mass is 9.87. The molecule has 116 valence electrons. The molecule has 2 aromatic rings. The van der Waals surface area contributed by atoms with Crippen molar-refractivity contribution in [2.75, 3.05) is 6.61 Å². The first kappa shape index (κ1) is 16.0. The molecule has 1 amide bonds. The Balaban J connectivity index is 1.79. The van der Waals surface area contributed by atoms with Gasteiger partial charge in [0.25, 0.3) is 5.91 Å². The van der Waals surface area contributed by atoms with Crippen LogP contribution >= 0.6 is 0 Å². The summed E-state index contributed by atoms with van der Waals surface area (Å²) in [7, 11) is 0. The molecule has 0 spiro atoms. The van der Waals surface area contributed by atoms with Crippen LogP contribution in [-0.2, 0) is 16.8 Å². The number of hydrogen-bond acceptors (Lipinski definition) is 3. The number of nitrogens with zero attached hydrogens (tertiary/aromatic N) is 1. The number of hydrogen-bond donors (Lipinski definition) is 1. The summed E-state index contributed by atoms with van der Waals surface area (Å²) in [5.74, 6) is 0.559.